The van der Waals surface area contributed by atoms with Crippen LogP contribution in [0.15, 0.2) is 12.4 Å². The summed E-state index contributed by atoms with van der Waals surface area (Å²) < 4.78 is 34.1. The Kier molecular flexibility index (Phi) is 6.14. The molecule has 0 fully saturated rings. The second-order valence-electron chi connectivity index (χ2n) is 2.96. The van der Waals surface area contributed by atoms with Crippen molar-refractivity contribution in [3.05, 3.63) is 19.1 Å². The molecule has 0 bridgehead atoms. The predicted molar refractivity (Wildman–Crippen MR) is 53.3 cm³/mol. The van der Waals surface area contributed by atoms with Gasteiger partial charge in [0.2, 0.25) is 0 Å². The van der Waals surface area contributed by atoms with Crippen molar-refractivity contribution in [1.82, 2.24) is 9.80 Å². The van der Waals surface area contributed by atoms with Gasteiger partial charge in [-0.05, 0) is 6.42 Å². The average Bonchev–Trinajstić information content (AvgIpc) is 2.45. The lowest BCUT2D eigenvalue weighted by Crippen LogP contribution is -2.17. The molecule has 0 spiro atoms. The summed E-state index contributed by atoms with van der Waals surface area (Å²) in [6.07, 6.45) is 6.55. The van der Waals surface area contributed by atoms with Gasteiger partial charge in [0.1, 0.15) is 0 Å². The van der Waals surface area contributed by atoms with Crippen LogP contribution in [0.1, 0.15) is 21.2 Å². The van der Waals surface area contributed by atoms with Crippen molar-refractivity contribution in [1.29, 1.82) is 0 Å². The average molecular weight is 235 g/mol. The topological polar surface area (TPSA) is 86.7 Å². The van der Waals surface area contributed by atoms with E-state index in [1.165, 1.54) is 12.8 Å². The molecule has 1 rings (SSSR count). The Balaban J connectivity index is 0. The number of hydrogen-bond donors (Lipinski definition) is 0. The molecule has 1 radical (unpaired) electrons. The summed E-state index contributed by atoms with van der Waals surface area (Å²) in [5.41, 5.74) is 0. The van der Waals surface area contributed by atoms with Crippen LogP contribution in [0.4, 0.5) is 0 Å². The maximum Gasteiger partial charge on any atom is 1.00 e. The van der Waals surface area contributed by atoms with E-state index in [0.29, 0.717) is 0 Å². The van der Waals surface area contributed by atoms with Gasteiger partial charge in [0.25, 0.3) is 0 Å². The summed E-state index contributed by atoms with van der Waals surface area (Å²) in [4.78, 5) is 4.03. The van der Waals surface area contributed by atoms with Crippen LogP contribution in [0.25, 0.3) is 0 Å². The van der Waals surface area contributed by atoms with Crippen molar-refractivity contribution in [3.63, 3.8) is 0 Å². The SMILES string of the molecule is CCCCN1[C+]N(C)C=C1.O=S(=O)([O-])[O-].[H+]. The van der Waals surface area contributed by atoms with Gasteiger partial charge in [-0.1, -0.05) is 13.3 Å². The Morgan fingerprint density at radius 2 is 1.93 bits per heavy atom. The minimum Gasteiger partial charge on any atom is -0.759 e. The van der Waals surface area contributed by atoms with Crippen LogP contribution in [-0.4, -0.2) is 40.9 Å². The lowest BCUT2D eigenvalue weighted by Gasteiger charge is -2.06. The van der Waals surface area contributed by atoms with Crippen LogP contribution in [0.2, 0.25) is 0 Å². The fourth-order valence-electron chi connectivity index (χ4n) is 0.903. The fraction of sp³-hybridized carbons (Fsp3) is 0.625. The third kappa shape index (κ3) is 11.0. The van der Waals surface area contributed by atoms with Gasteiger partial charge in [-0.25, -0.2) is 0 Å². The summed E-state index contributed by atoms with van der Waals surface area (Å²) in [5.74, 6) is 0. The van der Waals surface area contributed by atoms with Gasteiger partial charge in [0.05, 0.1) is 26.0 Å². The van der Waals surface area contributed by atoms with E-state index in [1.807, 2.05) is 18.1 Å². The molecular weight excluding hydrogens is 220 g/mol. The zero-order valence-electron chi connectivity index (χ0n) is 9.71. The van der Waals surface area contributed by atoms with E-state index in [0.717, 1.165) is 6.54 Å². The molecule has 0 unspecified atom stereocenters. The lowest BCUT2D eigenvalue weighted by atomic mass is 10.3. The zero-order valence-corrected chi connectivity index (χ0v) is 9.53. The van der Waals surface area contributed by atoms with E-state index in [2.05, 4.69) is 24.7 Å². The largest absolute Gasteiger partial charge is 1.00 e. The minimum absolute atomic E-state index is 0. The van der Waals surface area contributed by atoms with Crippen LogP contribution in [0.5, 0.6) is 0 Å². The number of hydrogen-bond acceptors (Lipinski definition) is 6. The number of nitrogens with zero attached hydrogens (tertiary/aromatic N) is 2. The summed E-state index contributed by atoms with van der Waals surface area (Å²) in [7, 11) is -3.18. The van der Waals surface area contributed by atoms with Crippen molar-refractivity contribution >= 4 is 10.4 Å². The van der Waals surface area contributed by atoms with E-state index in [9.17, 15) is 0 Å². The summed E-state index contributed by atoms with van der Waals surface area (Å²) >= 11 is 0. The first kappa shape index (κ1) is 14.1. The number of unbranched alkanes of at least 4 members (excludes halogenated alkanes) is 1. The number of rotatable bonds is 3. The van der Waals surface area contributed by atoms with Crippen LogP contribution in [0, 0.1) is 6.67 Å². The molecule has 1 aliphatic rings. The molecule has 6 nitrogen and oxygen atoms in total. The Morgan fingerprint density at radius 1 is 1.40 bits per heavy atom. The highest BCUT2D eigenvalue weighted by Crippen LogP contribution is 2.08. The predicted octanol–water partition coefficient (Wildman–Crippen LogP) is 0.276. The Bertz CT molecular complexity index is 286. The van der Waals surface area contributed by atoms with Crippen LogP contribution in [0.3, 0.4) is 0 Å². The summed E-state index contributed by atoms with van der Waals surface area (Å²) in [6.45, 7) is 6.44. The third-order valence-electron chi connectivity index (χ3n) is 1.51. The second kappa shape index (κ2) is 6.54. The smallest absolute Gasteiger partial charge is 0.759 e. The first-order valence-electron chi connectivity index (χ1n) is 4.43. The molecule has 0 saturated carbocycles. The van der Waals surface area contributed by atoms with Crippen molar-refractivity contribution in [3.8, 4) is 0 Å². The monoisotopic (exact) mass is 235 g/mol. The Labute approximate surface area is 92.2 Å². The molecule has 0 atom stereocenters. The molecule has 0 saturated heterocycles. The first-order valence-corrected chi connectivity index (χ1v) is 5.77. The highest BCUT2D eigenvalue weighted by molar-refractivity contribution is 7.79. The van der Waals surface area contributed by atoms with Gasteiger partial charge in [0.15, 0.2) is 0 Å². The van der Waals surface area contributed by atoms with E-state index >= 15 is 0 Å². The van der Waals surface area contributed by atoms with Gasteiger partial charge in [-0.2, -0.15) is 0 Å². The normalized spacial score (nSPS) is 14.7. The van der Waals surface area contributed by atoms with E-state index in [-0.39, 0.29) is 1.43 Å². The standard InChI is InChI=1S/C8H14N2.H2O4S/c1-3-4-5-10-7-6-9(2)8-10;1-5(2,3)4/h6-7H,3-5H2,1-2H3;(H2,1,2,3,4)/q+1;/p-1. The highest BCUT2D eigenvalue weighted by Gasteiger charge is 2.26. The molecule has 87 valence electrons. The second-order valence-corrected chi connectivity index (χ2v) is 3.78. The first-order chi connectivity index (χ1) is 6.83. The molecule has 7 heteroatoms. The zero-order chi connectivity index (χ0) is 11.9. The minimum atomic E-state index is -5.17. The van der Waals surface area contributed by atoms with Gasteiger partial charge < -0.3 is 9.11 Å². The van der Waals surface area contributed by atoms with E-state index in [1.54, 1.807) is 0 Å². The van der Waals surface area contributed by atoms with E-state index < -0.39 is 10.4 Å². The third-order valence-corrected chi connectivity index (χ3v) is 1.51. The molecule has 0 aromatic rings. The van der Waals surface area contributed by atoms with Gasteiger partial charge in [0, 0.05) is 10.4 Å². The maximum absolute atomic E-state index is 8.52. The van der Waals surface area contributed by atoms with Crippen LogP contribution < -0.4 is 0 Å². The molecule has 0 N–H and O–H groups in total. The summed E-state index contributed by atoms with van der Waals surface area (Å²) in [5, 5.41) is 0. The quantitative estimate of drug-likeness (QED) is 0.396. The maximum atomic E-state index is 8.52. The molecule has 1 heterocycles. The van der Waals surface area contributed by atoms with Crippen LogP contribution >= 0.6 is 0 Å². The molecule has 0 amide bonds. The molecule has 0 aromatic heterocycles. The molecule has 0 aliphatic carbocycles. The Hall–Kier alpha value is -0.920. The lowest BCUT2D eigenvalue weighted by molar-refractivity contribution is 0.352. The molecular formula is C8H15N2O4S. The van der Waals surface area contributed by atoms with Crippen molar-refractivity contribution in [2.75, 3.05) is 13.6 Å². The fourth-order valence-corrected chi connectivity index (χ4v) is 0.903. The molecule has 0 aromatic carbocycles. The molecule has 1 aliphatic heterocycles. The van der Waals surface area contributed by atoms with Crippen LogP contribution in [-0.2, 0) is 10.4 Å². The van der Waals surface area contributed by atoms with Gasteiger partial charge in [-0.3, -0.25) is 8.42 Å². The highest BCUT2D eigenvalue weighted by atomic mass is 32.3. The van der Waals surface area contributed by atoms with Crippen molar-refractivity contribution < 1.29 is 18.9 Å². The van der Waals surface area contributed by atoms with Crippen molar-refractivity contribution in [2.24, 2.45) is 0 Å². The summed E-state index contributed by atoms with van der Waals surface area (Å²) in [6, 6.07) is 0. The molecule has 15 heavy (non-hydrogen) atoms. The van der Waals surface area contributed by atoms with Gasteiger partial charge >= 0.3 is 8.10 Å². The van der Waals surface area contributed by atoms with Gasteiger partial charge in [-0.15, -0.1) is 9.80 Å². The Morgan fingerprint density at radius 3 is 2.27 bits per heavy atom. The van der Waals surface area contributed by atoms with Crippen molar-refractivity contribution in [2.45, 2.75) is 19.8 Å². The van der Waals surface area contributed by atoms with E-state index in [4.69, 9.17) is 17.5 Å².